The fourth-order valence-electron chi connectivity index (χ4n) is 6.26. The van der Waals surface area contributed by atoms with E-state index in [-0.39, 0.29) is 5.75 Å². The lowest BCUT2D eigenvalue weighted by Crippen LogP contribution is -2.08. The summed E-state index contributed by atoms with van der Waals surface area (Å²) in [5.41, 5.74) is 11.8. The van der Waals surface area contributed by atoms with Crippen LogP contribution in [0.2, 0.25) is 0 Å². The quantitative estimate of drug-likeness (QED) is 0.212. The molecule has 0 bridgehead atoms. The van der Waals surface area contributed by atoms with E-state index in [2.05, 4.69) is 128 Å². The number of phenolic OH excluding ortho intramolecular Hbond substituents is 1. The summed E-state index contributed by atoms with van der Waals surface area (Å²) in [6.07, 6.45) is 0. The van der Waals surface area contributed by atoms with E-state index in [1.54, 1.807) is 6.07 Å². The SMILES string of the molecule is CC(C)c1cccc(C(C)C)c1-n1c(-c2ccccc2O)nc2c(-c3cccc(-c4cc5ccccc5[nH]4)c3)cccc21. The molecule has 0 fully saturated rings. The molecular weight excluding hydrogens is 526 g/mol. The van der Waals surface area contributed by atoms with Gasteiger partial charge < -0.3 is 10.1 Å². The molecule has 2 heterocycles. The van der Waals surface area contributed by atoms with Crippen LogP contribution in [-0.2, 0) is 0 Å². The number of benzene rings is 5. The largest absolute Gasteiger partial charge is 0.507 e. The first-order valence-corrected chi connectivity index (χ1v) is 15.0. The summed E-state index contributed by atoms with van der Waals surface area (Å²) in [6.45, 7) is 8.96. The number of fused-ring (bicyclic) bond motifs is 2. The van der Waals surface area contributed by atoms with Crippen molar-refractivity contribution >= 4 is 21.9 Å². The van der Waals surface area contributed by atoms with Crippen LogP contribution in [0, 0.1) is 0 Å². The number of hydrogen-bond acceptors (Lipinski definition) is 2. The summed E-state index contributed by atoms with van der Waals surface area (Å²) in [6, 6.07) is 39.7. The molecule has 5 aromatic carbocycles. The van der Waals surface area contributed by atoms with Gasteiger partial charge in [0, 0.05) is 22.2 Å². The van der Waals surface area contributed by atoms with E-state index in [0.29, 0.717) is 17.4 Å². The fourth-order valence-corrected chi connectivity index (χ4v) is 6.26. The monoisotopic (exact) mass is 561 g/mol. The van der Waals surface area contributed by atoms with Crippen molar-refractivity contribution in [1.82, 2.24) is 14.5 Å². The van der Waals surface area contributed by atoms with Crippen LogP contribution in [0.4, 0.5) is 0 Å². The Hall–Kier alpha value is -5.09. The zero-order valence-electron chi connectivity index (χ0n) is 25.0. The molecule has 212 valence electrons. The number of H-pyrrole nitrogens is 1. The van der Waals surface area contributed by atoms with Crippen LogP contribution in [0.3, 0.4) is 0 Å². The van der Waals surface area contributed by atoms with Crippen molar-refractivity contribution in [1.29, 1.82) is 0 Å². The van der Waals surface area contributed by atoms with Crippen LogP contribution >= 0.6 is 0 Å². The van der Waals surface area contributed by atoms with E-state index in [4.69, 9.17) is 4.98 Å². The maximum absolute atomic E-state index is 11.1. The van der Waals surface area contributed by atoms with E-state index in [1.165, 1.54) is 16.5 Å². The second kappa shape index (κ2) is 10.6. The van der Waals surface area contributed by atoms with Crippen LogP contribution < -0.4 is 0 Å². The Labute approximate surface area is 252 Å². The van der Waals surface area contributed by atoms with Gasteiger partial charge in [0.25, 0.3) is 0 Å². The molecule has 2 aromatic heterocycles. The highest BCUT2D eigenvalue weighted by Crippen LogP contribution is 2.41. The maximum Gasteiger partial charge on any atom is 0.149 e. The predicted molar refractivity (Wildman–Crippen MR) is 179 cm³/mol. The molecule has 0 spiro atoms. The molecule has 0 unspecified atom stereocenters. The lowest BCUT2D eigenvalue weighted by atomic mass is 9.92. The van der Waals surface area contributed by atoms with Gasteiger partial charge >= 0.3 is 0 Å². The third-order valence-corrected chi connectivity index (χ3v) is 8.41. The average Bonchev–Trinajstić information content (AvgIpc) is 3.63. The lowest BCUT2D eigenvalue weighted by molar-refractivity contribution is 0.477. The molecule has 4 nitrogen and oxygen atoms in total. The van der Waals surface area contributed by atoms with Crippen molar-refractivity contribution in [3.05, 3.63) is 126 Å². The van der Waals surface area contributed by atoms with Gasteiger partial charge in [-0.3, -0.25) is 4.57 Å². The van der Waals surface area contributed by atoms with Gasteiger partial charge in [-0.15, -0.1) is 0 Å². The third-order valence-electron chi connectivity index (χ3n) is 8.41. The van der Waals surface area contributed by atoms with Crippen LogP contribution in [-0.4, -0.2) is 19.6 Å². The summed E-state index contributed by atoms with van der Waals surface area (Å²) >= 11 is 0. The lowest BCUT2D eigenvalue weighted by Gasteiger charge is -2.22. The molecule has 4 heteroatoms. The zero-order valence-corrected chi connectivity index (χ0v) is 25.0. The number of phenols is 1. The molecule has 7 aromatic rings. The van der Waals surface area contributed by atoms with Gasteiger partial charge in [-0.05, 0) is 70.5 Å². The zero-order chi connectivity index (χ0) is 29.7. The van der Waals surface area contributed by atoms with E-state index >= 15 is 0 Å². The third kappa shape index (κ3) is 4.60. The van der Waals surface area contributed by atoms with E-state index in [0.717, 1.165) is 50.4 Å². The standard InChI is InChI=1S/C39H35N3O/c1-24(2)29-16-10-17-30(25(3)4)38(29)42-35-20-11-18-31(37(35)41-39(42)32-15-6-8-21-36(32)43)26-13-9-14-27(22-26)34-23-28-12-5-7-19-33(28)40-34/h5-25,40,43H,1-4H3. The van der Waals surface area contributed by atoms with Gasteiger partial charge in [-0.25, -0.2) is 4.98 Å². The van der Waals surface area contributed by atoms with Crippen molar-refractivity contribution in [2.24, 2.45) is 0 Å². The predicted octanol–water partition coefficient (Wildman–Crippen LogP) is 10.5. The molecule has 0 saturated carbocycles. The van der Waals surface area contributed by atoms with Gasteiger partial charge in [0.15, 0.2) is 0 Å². The number of aromatic nitrogens is 3. The van der Waals surface area contributed by atoms with E-state index in [1.807, 2.05) is 18.2 Å². The van der Waals surface area contributed by atoms with E-state index in [9.17, 15) is 5.11 Å². The molecule has 0 amide bonds. The minimum Gasteiger partial charge on any atom is -0.507 e. The summed E-state index contributed by atoms with van der Waals surface area (Å²) in [4.78, 5) is 8.91. The molecule has 0 radical (unpaired) electrons. The number of rotatable bonds is 6. The minimum absolute atomic E-state index is 0.217. The second-order valence-electron chi connectivity index (χ2n) is 11.9. The smallest absolute Gasteiger partial charge is 0.149 e. The fraction of sp³-hybridized carbons (Fsp3) is 0.154. The Morgan fingerprint density at radius 1 is 0.651 bits per heavy atom. The summed E-state index contributed by atoms with van der Waals surface area (Å²) in [5, 5.41) is 12.3. The summed E-state index contributed by atoms with van der Waals surface area (Å²) < 4.78 is 2.28. The molecule has 0 saturated heterocycles. The Morgan fingerprint density at radius 2 is 1.30 bits per heavy atom. The first kappa shape index (κ1) is 26.8. The van der Waals surface area contributed by atoms with Gasteiger partial charge in [-0.2, -0.15) is 0 Å². The molecule has 7 rings (SSSR count). The highest BCUT2D eigenvalue weighted by atomic mass is 16.3. The number of para-hydroxylation sites is 4. The topological polar surface area (TPSA) is 53.8 Å². The van der Waals surface area contributed by atoms with Crippen molar-refractivity contribution in [3.63, 3.8) is 0 Å². The Balaban J connectivity index is 1.51. The average molecular weight is 562 g/mol. The Kier molecular flexibility index (Phi) is 6.62. The summed E-state index contributed by atoms with van der Waals surface area (Å²) in [7, 11) is 0. The number of aromatic amines is 1. The molecular formula is C39H35N3O. The van der Waals surface area contributed by atoms with Gasteiger partial charge in [0.2, 0.25) is 0 Å². The number of aromatic hydroxyl groups is 1. The maximum atomic E-state index is 11.1. The number of hydrogen-bond donors (Lipinski definition) is 2. The number of nitrogens with zero attached hydrogens (tertiary/aromatic N) is 2. The van der Waals surface area contributed by atoms with Gasteiger partial charge in [0.05, 0.1) is 22.3 Å². The van der Waals surface area contributed by atoms with Crippen molar-refractivity contribution in [2.75, 3.05) is 0 Å². The minimum atomic E-state index is 0.217. The van der Waals surface area contributed by atoms with Gasteiger partial charge in [-0.1, -0.05) is 107 Å². The van der Waals surface area contributed by atoms with Crippen LogP contribution in [0.1, 0.15) is 50.7 Å². The Morgan fingerprint density at radius 3 is 2.05 bits per heavy atom. The van der Waals surface area contributed by atoms with E-state index < -0.39 is 0 Å². The highest BCUT2D eigenvalue weighted by molar-refractivity contribution is 5.97. The number of nitrogens with one attached hydrogen (secondary N) is 1. The number of imidazole rings is 1. The van der Waals surface area contributed by atoms with Crippen LogP contribution in [0.5, 0.6) is 5.75 Å². The first-order chi connectivity index (χ1) is 20.9. The second-order valence-corrected chi connectivity index (χ2v) is 11.9. The Bertz CT molecular complexity index is 2050. The van der Waals surface area contributed by atoms with Gasteiger partial charge in [0.1, 0.15) is 11.6 Å². The van der Waals surface area contributed by atoms with Crippen molar-refractivity contribution < 1.29 is 5.11 Å². The van der Waals surface area contributed by atoms with Crippen LogP contribution in [0.25, 0.3) is 61.4 Å². The normalized spacial score (nSPS) is 11.8. The molecule has 0 aliphatic heterocycles. The van der Waals surface area contributed by atoms with Crippen molar-refractivity contribution in [2.45, 2.75) is 39.5 Å². The molecule has 43 heavy (non-hydrogen) atoms. The molecule has 0 aliphatic carbocycles. The molecule has 2 N–H and O–H groups in total. The highest BCUT2D eigenvalue weighted by Gasteiger charge is 2.24. The summed E-state index contributed by atoms with van der Waals surface area (Å²) in [5.74, 6) is 1.57. The first-order valence-electron chi connectivity index (χ1n) is 15.0. The molecule has 0 atom stereocenters. The van der Waals surface area contributed by atoms with Crippen LogP contribution in [0.15, 0.2) is 115 Å². The van der Waals surface area contributed by atoms with Crippen molar-refractivity contribution in [3.8, 4) is 45.2 Å². The molecule has 0 aliphatic rings.